The first-order valence-corrected chi connectivity index (χ1v) is 7.49. The Kier molecular flexibility index (Phi) is 4.36. The summed E-state index contributed by atoms with van der Waals surface area (Å²) in [5, 5.41) is 10.4. The molecule has 6 nitrogen and oxygen atoms in total. The van der Waals surface area contributed by atoms with E-state index in [9.17, 15) is 4.79 Å². The summed E-state index contributed by atoms with van der Waals surface area (Å²) in [4.78, 5) is 11.7. The van der Waals surface area contributed by atoms with Crippen LogP contribution in [0.2, 0.25) is 10.0 Å². The molecule has 0 amide bonds. The molecule has 0 saturated heterocycles. The molecule has 1 N–H and O–H groups in total. The zero-order valence-corrected chi connectivity index (χ0v) is 13.6. The van der Waals surface area contributed by atoms with Gasteiger partial charge in [0.15, 0.2) is 0 Å². The van der Waals surface area contributed by atoms with Gasteiger partial charge in [-0.3, -0.25) is 0 Å². The molecule has 8 heteroatoms. The van der Waals surface area contributed by atoms with Gasteiger partial charge in [0, 0.05) is 10.6 Å². The molecule has 0 aliphatic carbocycles. The van der Waals surface area contributed by atoms with Crippen LogP contribution in [0.1, 0.15) is 11.1 Å². The minimum absolute atomic E-state index is 0.136. The number of aryl methyl sites for hydroxylation is 1. The maximum absolute atomic E-state index is 11.7. The van der Waals surface area contributed by atoms with Crippen molar-refractivity contribution in [3.63, 3.8) is 0 Å². The summed E-state index contributed by atoms with van der Waals surface area (Å²) in [6.07, 6.45) is 0. The highest BCUT2D eigenvalue weighted by Crippen LogP contribution is 2.28. The predicted octanol–water partition coefficient (Wildman–Crippen LogP) is 3.15. The number of tetrazole rings is 1. The van der Waals surface area contributed by atoms with Gasteiger partial charge in [-0.15, -0.1) is 0 Å². The summed E-state index contributed by atoms with van der Waals surface area (Å²) in [7, 11) is 0. The lowest BCUT2D eigenvalue weighted by molar-refractivity contribution is 0.306. The first-order chi connectivity index (χ1) is 11.1. The van der Waals surface area contributed by atoms with E-state index in [-0.39, 0.29) is 6.61 Å². The van der Waals surface area contributed by atoms with Crippen LogP contribution in [0.5, 0.6) is 5.75 Å². The summed E-state index contributed by atoms with van der Waals surface area (Å²) in [6.45, 7) is 2.08. The first kappa shape index (κ1) is 15.6. The largest absolute Gasteiger partial charge is 0.487 e. The normalized spacial score (nSPS) is 10.7. The maximum atomic E-state index is 11.7. The first-order valence-electron chi connectivity index (χ1n) is 6.73. The van der Waals surface area contributed by atoms with Crippen molar-refractivity contribution in [3.8, 4) is 11.4 Å². The van der Waals surface area contributed by atoms with Gasteiger partial charge in [-0.25, -0.2) is 9.89 Å². The fourth-order valence-electron chi connectivity index (χ4n) is 2.12. The van der Waals surface area contributed by atoms with Crippen LogP contribution < -0.4 is 10.4 Å². The van der Waals surface area contributed by atoms with Crippen molar-refractivity contribution in [2.45, 2.75) is 13.5 Å². The predicted molar refractivity (Wildman–Crippen MR) is 87.5 cm³/mol. The van der Waals surface area contributed by atoms with Crippen LogP contribution in [-0.4, -0.2) is 20.2 Å². The van der Waals surface area contributed by atoms with E-state index in [1.54, 1.807) is 24.3 Å². The van der Waals surface area contributed by atoms with Crippen molar-refractivity contribution < 1.29 is 4.74 Å². The van der Waals surface area contributed by atoms with E-state index >= 15 is 0 Å². The number of hydrogen-bond donors (Lipinski definition) is 1. The summed E-state index contributed by atoms with van der Waals surface area (Å²) in [6, 6.07) is 10.7. The molecule has 0 fully saturated rings. The van der Waals surface area contributed by atoms with Gasteiger partial charge in [-0.1, -0.05) is 35.3 Å². The van der Waals surface area contributed by atoms with Gasteiger partial charge >= 0.3 is 5.69 Å². The van der Waals surface area contributed by atoms with E-state index < -0.39 is 5.69 Å². The second kappa shape index (κ2) is 6.44. The van der Waals surface area contributed by atoms with Crippen LogP contribution >= 0.6 is 23.2 Å². The number of aromatic amines is 1. The molecule has 23 heavy (non-hydrogen) atoms. The van der Waals surface area contributed by atoms with Gasteiger partial charge in [-0.05, 0) is 47.2 Å². The molecule has 1 heterocycles. The number of halogens is 2. The number of rotatable bonds is 4. The van der Waals surface area contributed by atoms with E-state index in [0.717, 1.165) is 10.2 Å². The van der Waals surface area contributed by atoms with Crippen LogP contribution in [0, 0.1) is 6.92 Å². The Morgan fingerprint density at radius 3 is 2.74 bits per heavy atom. The van der Waals surface area contributed by atoms with E-state index in [1.807, 2.05) is 19.1 Å². The Morgan fingerprint density at radius 1 is 1.22 bits per heavy atom. The third-order valence-electron chi connectivity index (χ3n) is 3.25. The zero-order valence-electron chi connectivity index (χ0n) is 12.1. The van der Waals surface area contributed by atoms with Crippen molar-refractivity contribution in [2.24, 2.45) is 0 Å². The standard InChI is InChI=1S/C15H12Cl2N4O2/c1-9-5-6-14(12(17)7-9)23-8-10-11(16)3-2-4-13(10)21-15(22)18-19-20-21/h2-7H,8H2,1H3,(H,18,20,22). The van der Waals surface area contributed by atoms with Gasteiger partial charge in [0.1, 0.15) is 12.4 Å². The van der Waals surface area contributed by atoms with Gasteiger partial charge in [-0.2, -0.15) is 4.68 Å². The molecule has 0 atom stereocenters. The lowest BCUT2D eigenvalue weighted by atomic mass is 10.2. The van der Waals surface area contributed by atoms with Gasteiger partial charge in [0.2, 0.25) is 0 Å². The van der Waals surface area contributed by atoms with Crippen molar-refractivity contribution in [1.29, 1.82) is 0 Å². The molecule has 1 aromatic heterocycles. The molecular weight excluding hydrogens is 339 g/mol. The van der Waals surface area contributed by atoms with Gasteiger partial charge in [0.05, 0.1) is 10.7 Å². The van der Waals surface area contributed by atoms with Crippen molar-refractivity contribution in [1.82, 2.24) is 20.2 Å². The molecule has 0 aliphatic rings. The fourth-order valence-corrected chi connectivity index (χ4v) is 2.63. The molecule has 0 aliphatic heterocycles. The molecule has 0 spiro atoms. The van der Waals surface area contributed by atoms with Crippen LogP contribution in [0.3, 0.4) is 0 Å². The lowest BCUT2D eigenvalue weighted by Gasteiger charge is -2.13. The molecule has 0 radical (unpaired) electrons. The van der Waals surface area contributed by atoms with Crippen molar-refractivity contribution in [3.05, 3.63) is 68.1 Å². The third-order valence-corrected chi connectivity index (χ3v) is 3.90. The van der Waals surface area contributed by atoms with E-state index in [4.69, 9.17) is 27.9 Å². The topological polar surface area (TPSA) is 72.8 Å². The second-order valence-electron chi connectivity index (χ2n) is 4.88. The van der Waals surface area contributed by atoms with Gasteiger partial charge < -0.3 is 4.74 Å². The smallest absolute Gasteiger partial charge is 0.365 e. The molecule has 0 unspecified atom stereocenters. The maximum Gasteiger partial charge on any atom is 0.365 e. The summed E-state index contributed by atoms with van der Waals surface area (Å²) in [5.74, 6) is 0.538. The fraction of sp³-hybridized carbons (Fsp3) is 0.133. The Morgan fingerprint density at radius 2 is 2.04 bits per heavy atom. The molecule has 0 saturated carbocycles. The van der Waals surface area contributed by atoms with Crippen LogP contribution in [0.25, 0.3) is 5.69 Å². The zero-order chi connectivity index (χ0) is 16.4. The van der Waals surface area contributed by atoms with Crippen molar-refractivity contribution in [2.75, 3.05) is 0 Å². The minimum atomic E-state index is -0.457. The number of nitrogens with zero attached hydrogens (tertiary/aromatic N) is 3. The third kappa shape index (κ3) is 3.23. The number of ether oxygens (including phenoxy) is 1. The highest BCUT2D eigenvalue weighted by Gasteiger charge is 2.13. The van der Waals surface area contributed by atoms with E-state index in [1.165, 1.54) is 0 Å². The molecule has 3 aromatic rings. The van der Waals surface area contributed by atoms with Crippen molar-refractivity contribution >= 4 is 23.2 Å². The number of hydrogen-bond acceptors (Lipinski definition) is 4. The molecule has 2 aromatic carbocycles. The van der Waals surface area contributed by atoms with E-state index in [2.05, 4.69) is 15.5 Å². The molecular formula is C15H12Cl2N4O2. The Hall–Kier alpha value is -2.31. The number of nitrogens with one attached hydrogen (secondary N) is 1. The highest BCUT2D eigenvalue weighted by molar-refractivity contribution is 6.32. The summed E-state index contributed by atoms with van der Waals surface area (Å²) in [5.41, 5.74) is 1.69. The molecule has 118 valence electrons. The Labute approximate surface area is 141 Å². The Bertz CT molecular complexity index is 904. The monoisotopic (exact) mass is 350 g/mol. The summed E-state index contributed by atoms with van der Waals surface area (Å²) < 4.78 is 6.87. The van der Waals surface area contributed by atoms with Crippen LogP contribution in [-0.2, 0) is 6.61 Å². The quantitative estimate of drug-likeness (QED) is 0.784. The highest BCUT2D eigenvalue weighted by atomic mass is 35.5. The van der Waals surface area contributed by atoms with Crippen LogP contribution in [0.4, 0.5) is 0 Å². The minimum Gasteiger partial charge on any atom is -0.487 e. The number of H-pyrrole nitrogens is 1. The number of aromatic nitrogens is 4. The average molecular weight is 351 g/mol. The van der Waals surface area contributed by atoms with Crippen LogP contribution in [0.15, 0.2) is 41.2 Å². The van der Waals surface area contributed by atoms with Gasteiger partial charge in [0.25, 0.3) is 0 Å². The number of benzene rings is 2. The Balaban J connectivity index is 1.94. The van der Waals surface area contributed by atoms with E-state index in [0.29, 0.717) is 27.0 Å². The lowest BCUT2D eigenvalue weighted by Crippen LogP contribution is -2.18. The summed E-state index contributed by atoms with van der Waals surface area (Å²) >= 11 is 12.4. The molecule has 3 rings (SSSR count). The molecule has 0 bridgehead atoms. The second-order valence-corrected chi connectivity index (χ2v) is 5.69. The average Bonchev–Trinajstić information content (AvgIpc) is 2.93. The SMILES string of the molecule is Cc1ccc(OCc2c(Cl)cccc2-n2nn[nH]c2=O)c(Cl)c1.